The number of nitrogens with zero attached hydrogens (tertiary/aromatic N) is 2. The second-order valence-electron chi connectivity index (χ2n) is 4.38. The molecule has 1 fully saturated rings. The Morgan fingerprint density at radius 1 is 1.64 bits per heavy atom. The van der Waals surface area contributed by atoms with Gasteiger partial charge in [-0.05, 0) is 12.5 Å². The van der Waals surface area contributed by atoms with Crippen LogP contribution in [0.3, 0.4) is 0 Å². The van der Waals surface area contributed by atoms with Crippen molar-refractivity contribution >= 4 is 5.82 Å². The third-order valence-corrected chi connectivity index (χ3v) is 3.53. The van der Waals surface area contributed by atoms with Crippen molar-refractivity contribution in [1.29, 1.82) is 0 Å². The molecule has 3 heteroatoms. The lowest BCUT2D eigenvalue weighted by Crippen LogP contribution is -2.37. The van der Waals surface area contributed by atoms with Crippen LogP contribution in [0.4, 0.5) is 5.82 Å². The quantitative estimate of drug-likeness (QED) is 0.620. The number of pyridine rings is 1. The molecule has 2 aliphatic rings. The number of rotatable bonds is 0. The van der Waals surface area contributed by atoms with Gasteiger partial charge in [0.2, 0.25) is 0 Å². The van der Waals surface area contributed by atoms with Crippen molar-refractivity contribution in [3.8, 4) is 0 Å². The second-order valence-corrected chi connectivity index (χ2v) is 4.38. The lowest BCUT2D eigenvalue weighted by atomic mass is 9.82. The highest BCUT2D eigenvalue weighted by Gasteiger charge is 2.51. The van der Waals surface area contributed by atoms with Crippen LogP contribution in [0.5, 0.6) is 0 Å². The predicted octanol–water partition coefficient (Wildman–Crippen LogP) is 1.54. The van der Waals surface area contributed by atoms with Crippen molar-refractivity contribution in [3.63, 3.8) is 0 Å². The molecule has 1 aromatic heterocycles. The summed E-state index contributed by atoms with van der Waals surface area (Å²) < 4.78 is 5.76. The van der Waals surface area contributed by atoms with Gasteiger partial charge in [-0.1, -0.05) is 13.0 Å². The fourth-order valence-corrected chi connectivity index (χ4v) is 2.73. The van der Waals surface area contributed by atoms with E-state index in [4.69, 9.17) is 4.74 Å². The van der Waals surface area contributed by atoms with E-state index < -0.39 is 0 Å². The maximum Gasteiger partial charge on any atom is 0.140 e. The van der Waals surface area contributed by atoms with Crippen LogP contribution in [-0.4, -0.2) is 24.9 Å². The Labute approximate surface area is 83.7 Å². The number of likely N-dealkylation sites (N-methyl/N-ethyl adjacent to an activating group) is 1. The number of ether oxygens (including phenoxy) is 1. The van der Waals surface area contributed by atoms with Gasteiger partial charge in [-0.15, -0.1) is 0 Å². The molecule has 0 aromatic carbocycles. The molecule has 2 atom stereocenters. The number of aromatic nitrogens is 1. The molecular weight excluding hydrogens is 176 g/mol. The highest BCUT2D eigenvalue weighted by atomic mass is 16.5. The maximum absolute atomic E-state index is 5.76. The average molecular weight is 190 g/mol. The Balaban J connectivity index is 2.21. The number of fused-ring (bicyclic) bond motifs is 3. The van der Waals surface area contributed by atoms with Gasteiger partial charge >= 0.3 is 0 Å². The molecule has 0 spiro atoms. The number of hydrogen-bond donors (Lipinski definition) is 0. The summed E-state index contributed by atoms with van der Waals surface area (Å²) in [5.41, 5.74) is 1.49. The highest BCUT2D eigenvalue weighted by Crippen LogP contribution is 2.48. The van der Waals surface area contributed by atoms with Gasteiger partial charge in [0.25, 0.3) is 0 Å². The first kappa shape index (κ1) is 8.24. The van der Waals surface area contributed by atoms with Crippen molar-refractivity contribution in [2.24, 2.45) is 0 Å². The Hall–Kier alpha value is -1.09. The van der Waals surface area contributed by atoms with Crippen molar-refractivity contribution in [1.82, 2.24) is 4.98 Å². The minimum Gasteiger partial charge on any atom is -0.357 e. The monoisotopic (exact) mass is 190 g/mol. The van der Waals surface area contributed by atoms with Crippen molar-refractivity contribution in [2.75, 3.05) is 18.6 Å². The summed E-state index contributed by atoms with van der Waals surface area (Å²) in [4.78, 5) is 6.57. The highest BCUT2D eigenvalue weighted by molar-refractivity contribution is 5.58. The Morgan fingerprint density at radius 3 is 3.36 bits per heavy atom. The lowest BCUT2D eigenvalue weighted by molar-refractivity contribution is 0.0918. The van der Waals surface area contributed by atoms with E-state index in [1.807, 2.05) is 12.3 Å². The molecule has 0 saturated carbocycles. The minimum atomic E-state index is 0.151. The Morgan fingerprint density at radius 2 is 2.50 bits per heavy atom. The van der Waals surface area contributed by atoms with E-state index in [9.17, 15) is 0 Å². The zero-order chi connectivity index (χ0) is 9.76. The van der Waals surface area contributed by atoms with Gasteiger partial charge in [-0.25, -0.2) is 4.98 Å². The first-order chi connectivity index (χ1) is 6.73. The summed E-state index contributed by atoms with van der Waals surface area (Å²) in [5.74, 6) is 1.08. The van der Waals surface area contributed by atoms with Gasteiger partial charge in [0, 0.05) is 24.2 Å². The third kappa shape index (κ3) is 0.786. The molecule has 1 saturated heterocycles. The average Bonchev–Trinajstić information content (AvgIpc) is 2.67. The molecule has 74 valence electrons. The summed E-state index contributed by atoms with van der Waals surface area (Å²) in [5, 5.41) is 0. The number of hydrogen-bond acceptors (Lipinski definition) is 3. The lowest BCUT2D eigenvalue weighted by Gasteiger charge is -2.25. The van der Waals surface area contributed by atoms with Gasteiger partial charge in [0.15, 0.2) is 0 Å². The van der Waals surface area contributed by atoms with Crippen molar-refractivity contribution in [3.05, 3.63) is 23.9 Å². The van der Waals surface area contributed by atoms with Crippen LogP contribution in [0.2, 0.25) is 0 Å². The fourth-order valence-electron chi connectivity index (χ4n) is 2.73. The Kier molecular flexibility index (Phi) is 1.46. The zero-order valence-corrected chi connectivity index (χ0v) is 8.53. The molecule has 0 radical (unpaired) electrons. The van der Waals surface area contributed by atoms with Gasteiger partial charge in [-0.2, -0.15) is 0 Å². The zero-order valence-electron chi connectivity index (χ0n) is 8.53. The van der Waals surface area contributed by atoms with Gasteiger partial charge in [0.1, 0.15) is 12.0 Å². The van der Waals surface area contributed by atoms with E-state index in [0.717, 1.165) is 18.8 Å². The molecule has 1 aromatic rings. The molecule has 0 bridgehead atoms. The molecule has 0 amide bonds. The van der Waals surface area contributed by atoms with Crippen LogP contribution in [0, 0.1) is 0 Å². The maximum atomic E-state index is 5.76. The van der Waals surface area contributed by atoms with Crippen molar-refractivity contribution in [2.45, 2.75) is 25.0 Å². The SMILES string of the molecule is CN1c2ncccc2C2(C)CCOC12. The summed E-state index contributed by atoms with van der Waals surface area (Å²) in [6.45, 7) is 3.13. The van der Waals surface area contributed by atoms with E-state index in [2.05, 4.69) is 29.9 Å². The first-order valence-electron chi connectivity index (χ1n) is 5.03. The van der Waals surface area contributed by atoms with Crippen LogP contribution in [0.15, 0.2) is 18.3 Å². The fraction of sp³-hybridized carbons (Fsp3) is 0.545. The topological polar surface area (TPSA) is 25.4 Å². The normalized spacial score (nSPS) is 34.4. The standard InChI is InChI=1S/C11H14N2O/c1-11-5-7-14-10(11)13(2)9-8(11)4-3-6-12-9/h3-4,6,10H,5,7H2,1-2H3. The van der Waals surface area contributed by atoms with E-state index in [-0.39, 0.29) is 11.6 Å². The molecule has 3 rings (SSSR count). The smallest absolute Gasteiger partial charge is 0.140 e. The van der Waals surface area contributed by atoms with Crippen LogP contribution in [0.1, 0.15) is 18.9 Å². The van der Waals surface area contributed by atoms with Gasteiger partial charge in [-0.3, -0.25) is 0 Å². The van der Waals surface area contributed by atoms with Crippen LogP contribution in [0.25, 0.3) is 0 Å². The van der Waals surface area contributed by atoms with E-state index >= 15 is 0 Å². The summed E-state index contributed by atoms with van der Waals surface area (Å²) in [6, 6.07) is 4.19. The van der Waals surface area contributed by atoms with Crippen LogP contribution < -0.4 is 4.90 Å². The predicted molar refractivity (Wildman–Crippen MR) is 54.3 cm³/mol. The molecular formula is C11H14N2O. The summed E-state index contributed by atoms with van der Waals surface area (Å²) >= 11 is 0. The molecule has 2 unspecified atom stereocenters. The largest absolute Gasteiger partial charge is 0.357 e. The third-order valence-electron chi connectivity index (χ3n) is 3.53. The molecule has 0 aliphatic carbocycles. The first-order valence-corrected chi connectivity index (χ1v) is 5.03. The minimum absolute atomic E-state index is 0.151. The summed E-state index contributed by atoms with van der Waals surface area (Å²) in [6.07, 6.45) is 3.13. The van der Waals surface area contributed by atoms with Gasteiger partial charge < -0.3 is 9.64 Å². The molecule has 3 nitrogen and oxygen atoms in total. The molecule has 0 N–H and O–H groups in total. The summed E-state index contributed by atoms with van der Waals surface area (Å²) in [7, 11) is 2.06. The molecule has 14 heavy (non-hydrogen) atoms. The molecule has 2 aliphatic heterocycles. The van der Waals surface area contributed by atoms with Crippen molar-refractivity contribution < 1.29 is 4.74 Å². The number of anilines is 1. The second kappa shape index (κ2) is 2.48. The Bertz CT molecular complexity index is 379. The van der Waals surface area contributed by atoms with Crippen LogP contribution in [-0.2, 0) is 10.2 Å². The van der Waals surface area contributed by atoms with Crippen LogP contribution >= 0.6 is 0 Å². The van der Waals surface area contributed by atoms with E-state index in [0.29, 0.717) is 0 Å². The van der Waals surface area contributed by atoms with E-state index in [1.54, 1.807) is 0 Å². The van der Waals surface area contributed by atoms with E-state index in [1.165, 1.54) is 5.56 Å². The van der Waals surface area contributed by atoms with Gasteiger partial charge in [0.05, 0.1) is 6.61 Å². The molecule has 3 heterocycles.